The summed E-state index contributed by atoms with van der Waals surface area (Å²) >= 11 is 0. The Labute approximate surface area is 777 Å². The largest absolute Gasteiger partial charge is 0.478 e. The van der Waals surface area contributed by atoms with Crippen molar-refractivity contribution >= 4 is 70.4 Å². The summed E-state index contributed by atoms with van der Waals surface area (Å²) < 4.78 is 20.6. The number of benzene rings is 8. The second kappa shape index (κ2) is 50.7. The summed E-state index contributed by atoms with van der Waals surface area (Å²) in [7, 11) is 4.15. The van der Waals surface area contributed by atoms with Crippen LogP contribution in [0.4, 0.5) is 19.2 Å². The molecule has 0 saturated carbocycles. The Kier molecular flexibility index (Phi) is 40.2. The third-order valence-electron chi connectivity index (χ3n) is 21.4. The Morgan fingerprint density at radius 2 is 0.534 bits per heavy atom. The summed E-state index contributed by atoms with van der Waals surface area (Å²) in [5.74, 6) is -1.31. The normalized spacial score (nSPS) is 14.1. The quantitative estimate of drug-likeness (QED) is 0.0201. The Bertz CT molecular complexity index is 5190. The number of carbonyl (C=O) groups is 8. The van der Waals surface area contributed by atoms with Crippen LogP contribution in [0, 0.1) is 0 Å². The van der Waals surface area contributed by atoms with Crippen LogP contribution in [0.25, 0.3) is 22.3 Å². The maximum absolute atomic E-state index is 12.9. The minimum atomic E-state index is -0.866. The number of alkyl carbamates (subject to hydrolysis) is 4. The highest BCUT2D eigenvalue weighted by atomic mass is 16.6. The number of amides is 7. The third-order valence-corrected chi connectivity index (χ3v) is 21.4. The molecule has 0 fully saturated rings. The van der Waals surface area contributed by atoms with Crippen LogP contribution in [0.2, 0.25) is 0 Å². The average Bonchev–Trinajstić information content (AvgIpc) is 1.67. The van der Waals surface area contributed by atoms with Crippen molar-refractivity contribution in [1.82, 2.24) is 42.1 Å². The number of ether oxygens (including phenoxy) is 4. The summed E-state index contributed by atoms with van der Waals surface area (Å²) in [4.78, 5) is 98.0. The van der Waals surface area contributed by atoms with Gasteiger partial charge < -0.3 is 71.9 Å². The van der Waals surface area contributed by atoms with E-state index in [0.29, 0.717) is 74.6 Å². The molecule has 8 aromatic rings. The monoisotopic (exact) mass is 1780 g/mol. The molecular formula is C109H141N9O13. The Balaban J connectivity index is 0.000000209. The molecule has 0 heterocycles. The number of unbranched alkanes of at least 4 members (excludes halogenated alkanes) is 3. The van der Waals surface area contributed by atoms with Crippen molar-refractivity contribution in [3.63, 3.8) is 0 Å². The van der Waals surface area contributed by atoms with Crippen molar-refractivity contribution < 1.29 is 62.4 Å². The van der Waals surface area contributed by atoms with E-state index < -0.39 is 52.7 Å². The van der Waals surface area contributed by atoms with Gasteiger partial charge in [-0.1, -0.05) is 186 Å². The van der Waals surface area contributed by atoms with E-state index in [1.165, 1.54) is 89.1 Å². The molecule has 12 rings (SSSR count). The van der Waals surface area contributed by atoms with Gasteiger partial charge in [-0.05, 0) is 334 Å². The number of aromatic carboxylic acids is 1. The zero-order valence-electron chi connectivity index (χ0n) is 80.3. The lowest BCUT2D eigenvalue weighted by atomic mass is 9.91. The zero-order chi connectivity index (χ0) is 95.4. The molecule has 4 aliphatic carbocycles. The highest BCUT2D eigenvalue weighted by molar-refractivity contribution is 5.99. The van der Waals surface area contributed by atoms with E-state index in [0.717, 1.165) is 125 Å². The summed E-state index contributed by atoms with van der Waals surface area (Å²) in [6, 6.07) is 57.6. The molecule has 8 aromatic carbocycles. The summed E-state index contributed by atoms with van der Waals surface area (Å²) in [5.41, 5.74) is 30.1. The van der Waals surface area contributed by atoms with Gasteiger partial charge in [-0.3, -0.25) is 14.4 Å². The van der Waals surface area contributed by atoms with Crippen LogP contribution in [0.1, 0.15) is 279 Å². The lowest BCUT2D eigenvalue weighted by Gasteiger charge is -2.19. The second-order valence-corrected chi connectivity index (χ2v) is 37.1. The number of allylic oxidation sites excluding steroid dienone is 3. The van der Waals surface area contributed by atoms with Gasteiger partial charge in [0.2, 0.25) is 0 Å². The molecule has 0 atom stereocenters. The molecule has 10 N–H and O–H groups in total. The van der Waals surface area contributed by atoms with E-state index in [1.54, 1.807) is 6.07 Å². The lowest BCUT2D eigenvalue weighted by Crippen LogP contribution is -2.37. The van der Waals surface area contributed by atoms with Crippen LogP contribution in [-0.4, -0.2) is 153 Å². The molecule has 0 radical (unpaired) electrons. The molecule has 22 nitrogen and oxygen atoms in total. The fourth-order valence-electron chi connectivity index (χ4n) is 15.4. The first-order valence-corrected chi connectivity index (χ1v) is 46.3. The van der Waals surface area contributed by atoms with Crippen molar-refractivity contribution in [2.45, 2.75) is 223 Å². The molecule has 0 unspecified atom stereocenters. The van der Waals surface area contributed by atoms with Gasteiger partial charge in [0.25, 0.3) is 17.7 Å². The van der Waals surface area contributed by atoms with Gasteiger partial charge >= 0.3 is 30.3 Å². The lowest BCUT2D eigenvalue weighted by molar-refractivity contribution is 0.0516. The van der Waals surface area contributed by atoms with Gasteiger partial charge in [0.05, 0.1) is 5.56 Å². The molecule has 0 aromatic heterocycles. The van der Waals surface area contributed by atoms with Crippen LogP contribution in [0.5, 0.6) is 0 Å². The SMILES string of the molecule is CC(C)(C)OC(=O)NCCN.CCC/C=C1\c2ccccc2CCc2ccc(C(=O)NCCNC(=O)OC(C)(C)C)cc21.CCCC=C1c2ccccc2CCc2ccc(C(=O)NCCNC(=O)OC(C)(C)C)cc21.CCCC=C1c2ccccc2CCc2ccc(C(=O)O)cc21.CN(C)CC/C=C1/c2ccccc2CCc2ccc(C(=O)NCCNC(=O)OC(C)(C)C)cc21. The smallest absolute Gasteiger partial charge is 0.407 e. The number of carboxylic acid groups (broad SMARTS) is 1. The molecule has 0 bridgehead atoms. The van der Waals surface area contributed by atoms with Crippen LogP contribution >= 0.6 is 0 Å². The van der Waals surface area contributed by atoms with E-state index in [2.05, 4.69) is 217 Å². The second-order valence-electron chi connectivity index (χ2n) is 37.1. The summed E-state index contributed by atoms with van der Waals surface area (Å²) in [6.45, 7) is 32.0. The van der Waals surface area contributed by atoms with Gasteiger partial charge in [0, 0.05) is 75.6 Å². The fraction of sp³-hybridized carbons (Fsp3) is 0.413. The molecule has 7 amide bonds. The number of nitrogens with one attached hydrogen (secondary N) is 7. The van der Waals surface area contributed by atoms with Gasteiger partial charge in [-0.25, -0.2) is 24.0 Å². The first kappa shape index (κ1) is 104. The number of carboxylic acids is 1. The minimum Gasteiger partial charge on any atom is -0.478 e. The number of hydrogen-bond acceptors (Lipinski definition) is 14. The maximum atomic E-state index is 12.9. The average molecular weight is 1790 g/mol. The number of nitrogens with two attached hydrogens (primary N) is 1. The van der Waals surface area contributed by atoms with Gasteiger partial charge in [-0.2, -0.15) is 0 Å². The molecule has 4 aliphatic rings. The number of hydrogen-bond donors (Lipinski definition) is 9. The Morgan fingerprint density at radius 1 is 0.313 bits per heavy atom. The Hall–Kier alpha value is -12.4. The van der Waals surface area contributed by atoms with E-state index in [1.807, 2.05) is 132 Å². The van der Waals surface area contributed by atoms with E-state index in [-0.39, 0.29) is 17.7 Å². The first-order valence-electron chi connectivity index (χ1n) is 46.3. The fourth-order valence-corrected chi connectivity index (χ4v) is 15.4. The molecule has 0 aliphatic heterocycles. The van der Waals surface area contributed by atoms with Crippen LogP contribution in [-0.2, 0) is 70.3 Å². The topological polar surface area (TPSA) is 307 Å². The van der Waals surface area contributed by atoms with Gasteiger partial charge in [0.15, 0.2) is 0 Å². The zero-order valence-corrected chi connectivity index (χ0v) is 80.3. The standard InChI is InChI=1S/C28H37N3O3.2C27H34N2O3.C20H20O2.C7H16N2O2/c1-28(2,3)34-27(33)30-17-16-29-26(32)22-15-14-21-13-12-20-9-6-7-10-23(20)24(25(21)19-22)11-8-18-31(4)5;2*1-5-6-10-23-22-11-8-7-9-19(22)12-13-20-14-15-21(18-24(20)23)25(30)28-16-17-29-26(31)32-27(2,3)4;1-2-3-7-18-17-8-5-4-6-14(17)9-10-15-11-12-16(20(21)22)13-19(15)18;1-7(2,3)11-6(10)9-5-4-8/h6-7,9-11,14-15,19H,8,12-13,16-18H2,1-5H3,(H,29,32)(H,30,33);2*7-11,14-15,18H,5-6,12-13,16-17H2,1-4H3,(H,28,30)(H,29,31);4-8,11-13H,2-3,9-10H2,1H3,(H,21,22);4-5,8H2,1-3H3,(H,9,10)/b24-11-;23-10+;;;. The third kappa shape index (κ3) is 34.1. The molecular weight excluding hydrogens is 1640 g/mol. The molecule has 22 heteroatoms. The van der Waals surface area contributed by atoms with E-state index in [4.69, 9.17) is 24.7 Å². The molecule has 131 heavy (non-hydrogen) atoms. The number of aryl methyl sites for hydroxylation is 8. The van der Waals surface area contributed by atoms with Crippen molar-refractivity contribution in [1.29, 1.82) is 0 Å². The van der Waals surface area contributed by atoms with E-state index in [9.17, 15) is 43.5 Å². The Morgan fingerprint density at radius 3 is 0.771 bits per heavy atom. The molecule has 0 spiro atoms. The number of rotatable bonds is 24. The van der Waals surface area contributed by atoms with Crippen LogP contribution in [0.15, 0.2) is 194 Å². The highest BCUT2D eigenvalue weighted by Crippen LogP contribution is 2.40. The maximum Gasteiger partial charge on any atom is 0.407 e. The van der Waals surface area contributed by atoms with Crippen molar-refractivity contribution in [2.24, 2.45) is 5.73 Å². The predicted octanol–water partition coefficient (Wildman–Crippen LogP) is 20.2. The minimum absolute atomic E-state index is 0.147. The molecule has 0 saturated heterocycles. The first-order chi connectivity index (χ1) is 62.4. The predicted molar refractivity (Wildman–Crippen MR) is 527 cm³/mol. The number of carbonyl (C=O) groups excluding carboxylic acids is 7. The van der Waals surface area contributed by atoms with Crippen molar-refractivity contribution in [3.05, 3.63) is 305 Å². The number of nitrogens with zero attached hydrogens (tertiary/aromatic N) is 1. The highest BCUT2D eigenvalue weighted by Gasteiger charge is 2.27. The van der Waals surface area contributed by atoms with Crippen molar-refractivity contribution in [3.8, 4) is 0 Å². The van der Waals surface area contributed by atoms with Crippen LogP contribution < -0.4 is 43.0 Å². The number of fused-ring (bicyclic) bond motifs is 8. The van der Waals surface area contributed by atoms with Crippen LogP contribution in [0.3, 0.4) is 0 Å². The summed E-state index contributed by atoms with van der Waals surface area (Å²) in [6.07, 6.45) is 22.2. The molecule has 700 valence electrons. The van der Waals surface area contributed by atoms with Gasteiger partial charge in [-0.15, -0.1) is 0 Å². The van der Waals surface area contributed by atoms with Gasteiger partial charge in [0.1, 0.15) is 22.4 Å². The summed E-state index contributed by atoms with van der Waals surface area (Å²) in [5, 5.41) is 28.5. The van der Waals surface area contributed by atoms with Crippen molar-refractivity contribution in [2.75, 3.05) is 73.0 Å². The van der Waals surface area contributed by atoms with E-state index >= 15 is 0 Å².